The Balaban J connectivity index is 1.90. The van der Waals surface area contributed by atoms with E-state index in [1.807, 2.05) is 31.2 Å². The highest BCUT2D eigenvalue weighted by atomic mass is 32.2. The SMILES string of the molecule is Cc1ccc2c(c1)CCCN2S(=O)(=O)c1cccc2ncccc12. The Morgan fingerprint density at radius 1 is 1.08 bits per heavy atom. The van der Waals surface area contributed by atoms with E-state index in [1.54, 1.807) is 28.7 Å². The number of pyridine rings is 1. The first-order valence-electron chi connectivity index (χ1n) is 8.03. The summed E-state index contributed by atoms with van der Waals surface area (Å²) in [6.45, 7) is 2.54. The summed E-state index contributed by atoms with van der Waals surface area (Å²) in [5.74, 6) is 0. The minimum absolute atomic E-state index is 0.321. The van der Waals surface area contributed by atoms with Crippen molar-refractivity contribution in [2.45, 2.75) is 24.7 Å². The fourth-order valence-electron chi connectivity index (χ4n) is 3.36. The average Bonchev–Trinajstić information content (AvgIpc) is 2.60. The van der Waals surface area contributed by atoms with E-state index in [9.17, 15) is 8.42 Å². The highest BCUT2D eigenvalue weighted by Gasteiger charge is 2.30. The van der Waals surface area contributed by atoms with Crippen LogP contribution in [-0.2, 0) is 16.4 Å². The van der Waals surface area contributed by atoms with Gasteiger partial charge in [-0.2, -0.15) is 0 Å². The van der Waals surface area contributed by atoms with E-state index in [2.05, 4.69) is 11.1 Å². The number of fused-ring (bicyclic) bond motifs is 2. The Kier molecular flexibility index (Phi) is 3.53. The molecule has 0 N–H and O–H groups in total. The molecule has 0 fully saturated rings. The molecule has 2 aromatic carbocycles. The number of nitrogens with zero attached hydrogens (tertiary/aromatic N) is 2. The Hall–Kier alpha value is -2.40. The minimum Gasteiger partial charge on any atom is -0.266 e. The van der Waals surface area contributed by atoms with Crippen LogP contribution < -0.4 is 4.31 Å². The molecule has 5 heteroatoms. The summed E-state index contributed by atoms with van der Waals surface area (Å²) in [4.78, 5) is 4.59. The summed E-state index contributed by atoms with van der Waals surface area (Å²) < 4.78 is 28.2. The zero-order chi connectivity index (χ0) is 16.7. The number of hydrogen-bond acceptors (Lipinski definition) is 3. The molecule has 1 aliphatic heterocycles. The Morgan fingerprint density at radius 2 is 1.96 bits per heavy atom. The number of rotatable bonds is 2. The summed E-state index contributed by atoms with van der Waals surface area (Å²) in [6.07, 6.45) is 3.43. The summed E-state index contributed by atoms with van der Waals surface area (Å²) >= 11 is 0. The topological polar surface area (TPSA) is 50.3 Å². The predicted octanol–water partition coefficient (Wildman–Crippen LogP) is 3.68. The molecule has 0 saturated carbocycles. The summed E-state index contributed by atoms with van der Waals surface area (Å²) in [5, 5.41) is 0.666. The second-order valence-electron chi connectivity index (χ2n) is 6.14. The number of sulfonamides is 1. The van der Waals surface area contributed by atoms with Crippen LogP contribution in [0.3, 0.4) is 0 Å². The lowest BCUT2D eigenvalue weighted by Crippen LogP contribution is -2.35. The van der Waals surface area contributed by atoms with Crippen molar-refractivity contribution >= 4 is 26.6 Å². The third-order valence-corrected chi connectivity index (χ3v) is 6.36. The fraction of sp³-hybridized carbons (Fsp3) is 0.211. The molecule has 0 spiro atoms. The van der Waals surface area contributed by atoms with Gasteiger partial charge in [0, 0.05) is 18.1 Å². The molecule has 3 aromatic rings. The van der Waals surface area contributed by atoms with Crippen LogP contribution in [-0.4, -0.2) is 19.9 Å². The first-order chi connectivity index (χ1) is 11.6. The fourth-order valence-corrected chi connectivity index (χ4v) is 5.10. The number of anilines is 1. The lowest BCUT2D eigenvalue weighted by atomic mass is 10.0. The molecule has 0 radical (unpaired) electrons. The van der Waals surface area contributed by atoms with Gasteiger partial charge in [-0.25, -0.2) is 8.42 Å². The van der Waals surface area contributed by atoms with Crippen molar-refractivity contribution in [1.82, 2.24) is 4.98 Å². The van der Waals surface area contributed by atoms with Crippen LogP contribution in [0.15, 0.2) is 59.6 Å². The van der Waals surface area contributed by atoms with E-state index in [1.165, 1.54) is 0 Å². The van der Waals surface area contributed by atoms with Crippen molar-refractivity contribution < 1.29 is 8.42 Å². The molecule has 122 valence electrons. The number of hydrogen-bond donors (Lipinski definition) is 0. The smallest absolute Gasteiger partial charge is 0.265 e. The van der Waals surface area contributed by atoms with E-state index < -0.39 is 10.0 Å². The maximum absolute atomic E-state index is 13.3. The van der Waals surface area contributed by atoms with Gasteiger partial charge >= 0.3 is 0 Å². The van der Waals surface area contributed by atoms with Crippen LogP contribution in [0, 0.1) is 6.92 Å². The molecule has 4 nitrogen and oxygen atoms in total. The molecule has 4 rings (SSSR count). The van der Waals surface area contributed by atoms with Crippen molar-refractivity contribution in [2.75, 3.05) is 10.8 Å². The van der Waals surface area contributed by atoms with Crippen molar-refractivity contribution in [1.29, 1.82) is 0 Å². The molecule has 0 saturated heterocycles. The van der Waals surface area contributed by atoms with Gasteiger partial charge in [0.15, 0.2) is 0 Å². The van der Waals surface area contributed by atoms with Crippen LogP contribution in [0.1, 0.15) is 17.5 Å². The van der Waals surface area contributed by atoms with Gasteiger partial charge in [-0.3, -0.25) is 9.29 Å². The quantitative estimate of drug-likeness (QED) is 0.716. The number of benzene rings is 2. The lowest BCUT2D eigenvalue weighted by Gasteiger charge is -2.31. The molecule has 0 bridgehead atoms. The third-order valence-electron chi connectivity index (χ3n) is 4.48. The standard InChI is InChI=1S/C19H18N2O2S/c1-14-9-10-18-15(13-14)5-4-12-21(18)24(22,23)19-8-2-7-17-16(19)6-3-11-20-17/h2-3,6-11,13H,4-5,12H2,1H3. The molecule has 1 aliphatic rings. The predicted molar refractivity (Wildman–Crippen MR) is 95.8 cm³/mol. The van der Waals surface area contributed by atoms with Gasteiger partial charge in [-0.05, 0) is 55.7 Å². The summed E-state index contributed by atoms with van der Waals surface area (Å²) in [5.41, 5.74) is 3.75. The average molecular weight is 338 g/mol. The van der Waals surface area contributed by atoms with Crippen molar-refractivity contribution in [3.05, 3.63) is 65.9 Å². The Morgan fingerprint density at radius 3 is 2.83 bits per heavy atom. The second kappa shape index (κ2) is 5.60. The normalized spacial score (nSPS) is 14.6. The molecular formula is C19H18N2O2S. The van der Waals surface area contributed by atoms with Crippen LogP contribution in [0.2, 0.25) is 0 Å². The van der Waals surface area contributed by atoms with E-state index in [4.69, 9.17) is 0 Å². The second-order valence-corrected chi connectivity index (χ2v) is 7.97. The van der Waals surface area contributed by atoms with Gasteiger partial charge in [-0.15, -0.1) is 0 Å². The highest BCUT2D eigenvalue weighted by molar-refractivity contribution is 7.93. The van der Waals surface area contributed by atoms with E-state index in [-0.39, 0.29) is 0 Å². The molecule has 1 aromatic heterocycles. The summed E-state index contributed by atoms with van der Waals surface area (Å²) in [6, 6.07) is 14.8. The first kappa shape index (κ1) is 15.1. The molecule has 0 aliphatic carbocycles. The molecule has 0 unspecified atom stereocenters. The summed E-state index contributed by atoms with van der Waals surface area (Å²) in [7, 11) is -3.62. The van der Waals surface area contributed by atoms with Crippen LogP contribution in [0.5, 0.6) is 0 Å². The zero-order valence-corrected chi connectivity index (χ0v) is 14.3. The van der Waals surface area contributed by atoms with E-state index >= 15 is 0 Å². The number of aryl methyl sites for hydroxylation is 2. The van der Waals surface area contributed by atoms with Crippen LogP contribution in [0.4, 0.5) is 5.69 Å². The zero-order valence-electron chi connectivity index (χ0n) is 13.4. The van der Waals surface area contributed by atoms with Crippen molar-refractivity contribution in [3.8, 4) is 0 Å². The minimum atomic E-state index is -3.62. The van der Waals surface area contributed by atoms with E-state index in [0.717, 1.165) is 29.7 Å². The van der Waals surface area contributed by atoms with Gasteiger partial charge in [-0.1, -0.05) is 23.8 Å². The highest BCUT2D eigenvalue weighted by Crippen LogP contribution is 2.34. The van der Waals surface area contributed by atoms with Gasteiger partial charge in [0.25, 0.3) is 10.0 Å². The maximum atomic E-state index is 13.3. The van der Waals surface area contributed by atoms with Crippen molar-refractivity contribution in [3.63, 3.8) is 0 Å². The monoisotopic (exact) mass is 338 g/mol. The lowest BCUT2D eigenvalue weighted by molar-refractivity contribution is 0.587. The van der Waals surface area contributed by atoms with Gasteiger partial charge in [0.2, 0.25) is 0 Å². The largest absolute Gasteiger partial charge is 0.266 e. The van der Waals surface area contributed by atoms with Gasteiger partial charge < -0.3 is 0 Å². The molecule has 0 atom stereocenters. The number of aromatic nitrogens is 1. The Bertz CT molecular complexity index is 1020. The molecule has 0 amide bonds. The van der Waals surface area contributed by atoms with Crippen LogP contribution in [0.25, 0.3) is 10.9 Å². The molecule has 24 heavy (non-hydrogen) atoms. The van der Waals surface area contributed by atoms with Gasteiger partial charge in [0.1, 0.15) is 0 Å². The molecular weight excluding hydrogens is 320 g/mol. The Labute approximate surface area is 141 Å². The first-order valence-corrected chi connectivity index (χ1v) is 9.47. The third kappa shape index (κ3) is 2.36. The van der Waals surface area contributed by atoms with Crippen LogP contribution >= 0.6 is 0 Å². The maximum Gasteiger partial charge on any atom is 0.265 e. The van der Waals surface area contributed by atoms with Crippen molar-refractivity contribution in [2.24, 2.45) is 0 Å². The molecule has 2 heterocycles. The van der Waals surface area contributed by atoms with E-state index in [0.29, 0.717) is 22.3 Å². The van der Waals surface area contributed by atoms with Gasteiger partial charge in [0.05, 0.1) is 16.1 Å².